The molecule has 0 aliphatic heterocycles. The number of hydrogen-bond donors (Lipinski definition) is 2. The van der Waals surface area contributed by atoms with Gasteiger partial charge >= 0.3 is 5.97 Å². The maximum atomic E-state index is 11.6. The Balaban J connectivity index is 0.00000576. The first-order valence-corrected chi connectivity index (χ1v) is 8.32. The Bertz CT molecular complexity index is 483. The number of rotatable bonds is 12. The zero-order valence-electron chi connectivity index (χ0n) is 15.0. The molecular weight excluding hydrogens is 344 g/mol. The molecule has 0 aliphatic rings. The highest BCUT2D eigenvalue weighted by Gasteiger charge is 2.05. The number of ether oxygens (including phenoxy) is 2. The van der Waals surface area contributed by atoms with Gasteiger partial charge in [0.1, 0.15) is 0 Å². The van der Waals surface area contributed by atoms with Crippen molar-refractivity contribution in [2.24, 2.45) is 5.92 Å². The second kappa shape index (κ2) is 14.7. The van der Waals surface area contributed by atoms with Crippen LogP contribution in [-0.4, -0.2) is 38.3 Å². The van der Waals surface area contributed by atoms with Crippen molar-refractivity contribution < 1.29 is 19.1 Å². The van der Waals surface area contributed by atoms with E-state index in [0.717, 1.165) is 12.1 Å². The van der Waals surface area contributed by atoms with Crippen LogP contribution >= 0.6 is 12.4 Å². The lowest BCUT2D eigenvalue weighted by Crippen LogP contribution is -2.30. The van der Waals surface area contributed by atoms with Crippen molar-refractivity contribution in [3.8, 4) is 0 Å². The second-order valence-electron chi connectivity index (χ2n) is 5.92. The maximum Gasteiger partial charge on any atom is 0.309 e. The Morgan fingerprint density at radius 3 is 2.48 bits per heavy atom. The molecule has 1 aromatic carbocycles. The first-order chi connectivity index (χ1) is 11.6. The molecule has 0 saturated heterocycles. The van der Waals surface area contributed by atoms with E-state index >= 15 is 0 Å². The molecule has 7 heteroatoms. The van der Waals surface area contributed by atoms with Crippen LogP contribution in [-0.2, 0) is 25.7 Å². The molecule has 0 aliphatic carbocycles. The monoisotopic (exact) mass is 372 g/mol. The number of nitrogens with one attached hydrogen (secondary N) is 2. The molecule has 25 heavy (non-hydrogen) atoms. The average Bonchev–Trinajstić information content (AvgIpc) is 2.56. The van der Waals surface area contributed by atoms with Gasteiger partial charge in [0.25, 0.3) is 0 Å². The van der Waals surface area contributed by atoms with Crippen LogP contribution < -0.4 is 10.6 Å². The van der Waals surface area contributed by atoms with Gasteiger partial charge in [-0.05, 0) is 18.0 Å². The summed E-state index contributed by atoms with van der Waals surface area (Å²) < 4.78 is 10.2. The third kappa shape index (κ3) is 13.3. The lowest BCUT2D eigenvalue weighted by Gasteiger charge is -2.08. The minimum Gasteiger partial charge on any atom is -0.438 e. The van der Waals surface area contributed by atoms with Crippen LogP contribution in [0.2, 0.25) is 0 Å². The van der Waals surface area contributed by atoms with Crippen molar-refractivity contribution in [1.29, 1.82) is 0 Å². The predicted octanol–water partition coefficient (Wildman–Crippen LogP) is 2.27. The van der Waals surface area contributed by atoms with Gasteiger partial charge in [-0.25, -0.2) is 0 Å². The third-order valence-electron chi connectivity index (χ3n) is 3.15. The molecule has 0 radical (unpaired) electrons. The van der Waals surface area contributed by atoms with Crippen molar-refractivity contribution in [1.82, 2.24) is 10.6 Å². The van der Waals surface area contributed by atoms with Gasteiger partial charge in [0, 0.05) is 19.5 Å². The largest absolute Gasteiger partial charge is 0.438 e. The van der Waals surface area contributed by atoms with E-state index in [4.69, 9.17) is 9.47 Å². The van der Waals surface area contributed by atoms with Crippen molar-refractivity contribution >= 4 is 24.3 Å². The van der Waals surface area contributed by atoms with E-state index < -0.39 is 0 Å². The summed E-state index contributed by atoms with van der Waals surface area (Å²) in [7, 11) is 0. The fraction of sp³-hybridized carbons (Fsp3) is 0.556. The Hall–Kier alpha value is -1.63. The minimum absolute atomic E-state index is 0. The number of benzene rings is 1. The normalized spacial score (nSPS) is 10.2. The quantitative estimate of drug-likeness (QED) is 0.334. The Labute approximate surface area is 156 Å². The molecule has 1 rings (SSSR count). The van der Waals surface area contributed by atoms with E-state index in [9.17, 15) is 9.59 Å². The maximum absolute atomic E-state index is 11.6. The molecule has 2 N–H and O–H groups in total. The van der Waals surface area contributed by atoms with Crippen molar-refractivity contribution in [2.75, 3.05) is 26.4 Å². The average molecular weight is 373 g/mol. The lowest BCUT2D eigenvalue weighted by molar-refractivity contribution is -0.157. The minimum atomic E-state index is -0.388. The van der Waals surface area contributed by atoms with Crippen LogP contribution in [0.25, 0.3) is 0 Å². The molecule has 1 amide bonds. The van der Waals surface area contributed by atoms with Crippen LogP contribution in [0.15, 0.2) is 30.3 Å². The summed E-state index contributed by atoms with van der Waals surface area (Å²) in [5.41, 5.74) is 1.02. The molecule has 6 nitrogen and oxygen atoms in total. The SMILES string of the molecule is CC(C)CNCCC(=O)NCCC(=O)OCOCc1ccccc1.Cl. The molecule has 0 fully saturated rings. The van der Waals surface area contributed by atoms with Gasteiger partial charge in [0.15, 0.2) is 6.79 Å². The number of amides is 1. The van der Waals surface area contributed by atoms with E-state index in [1.165, 1.54) is 0 Å². The van der Waals surface area contributed by atoms with Crippen molar-refractivity contribution in [3.63, 3.8) is 0 Å². The molecule has 1 aromatic rings. The van der Waals surface area contributed by atoms with Gasteiger partial charge in [-0.1, -0.05) is 44.2 Å². The van der Waals surface area contributed by atoms with E-state index in [1.807, 2.05) is 30.3 Å². The summed E-state index contributed by atoms with van der Waals surface area (Å²) in [6.07, 6.45) is 0.543. The lowest BCUT2D eigenvalue weighted by atomic mass is 10.2. The predicted molar refractivity (Wildman–Crippen MR) is 99.4 cm³/mol. The highest BCUT2D eigenvalue weighted by molar-refractivity contribution is 5.85. The summed E-state index contributed by atoms with van der Waals surface area (Å²) in [5.74, 6) is 0.104. The molecule has 0 unspecified atom stereocenters. The topological polar surface area (TPSA) is 76.7 Å². The van der Waals surface area contributed by atoms with Gasteiger partial charge in [-0.2, -0.15) is 0 Å². The van der Waals surface area contributed by atoms with Gasteiger partial charge in [0.2, 0.25) is 5.91 Å². The molecule has 0 bridgehead atoms. The second-order valence-corrected chi connectivity index (χ2v) is 5.92. The first-order valence-electron chi connectivity index (χ1n) is 8.32. The van der Waals surface area contributed by atoms with Gasteiger partial charge in [0.05, 0.1) is 13.0 Å². The van der Waals surface area contributed by atoms with Crippen LogP contribution in [0.3, 0.4) is 0 Å². The van der Waals surface area contributed by atoms with Crippen molar-refractivity contribution in [3.05, 3.63) is 35.9 Å². The Morgan fingerprint density at radius 1 is 1.08 bits per heavy atom. The van der Waals surface area contributed by atoms with Crippen LogP contribution in [0, 0.1) is 5.92 Å². The molecule has 0 aromatic heterocycles. The summed E-state index contributed by atoms with van der Waals surface area (Å²) in [6, 6.07) is 9.65. The summed E-state index contributed by atoms with van der Waals surface area (Å²) >= 11 is 0. The summed E-state index contributed by atoms with van der Waals surface area (Å²) in [6.45, 7) is 6.35. The molecule has 0 heterocycles. The van der Waals surface area contributed by atoms with Crippen LogP contribution in [0.5, 0.6) is 0 Å². The van der Waals surface area contributed by atoms with E-state index in [-0.39, 0.29) is 44.0 Å². The van der Waals surface area contributed by atoms with E-state index in [1.54, 1.807) is 0 Å². The number of esters is 1. The molecule has 0 atom stereocenters. The molecular formula is C18H29ClN2O4. The summed E-state index contributed by atoms with van der Waals surface area (Å²) in [5, 5.41) is 5.89. The Kier molecular flexibility index (Phi) is 13.7. The fourth-order valence-electron chi connectivity index (χ4n) is 1.90. The van der Waals surface area contributed by atoms with Gasteiger partial charge in [-0.15, -0.1) is 12.4 Å². The third-order valence-corrected chi connectivity index (χ3v) is 3.15. The van der Waals surface area contributed by atoms with E-state index in [2.05, 4.69) is 24.5 Å². The van der Waals surface area contributed by atoms with Gasteiger partial charge in [-0.3, -0.25) is 9.59 Å². The molecule has 0 spiro atoms. The van der Waals surface area contributed by atoms with Crippen LogP contribution in [0.4, 0.5) is 0 Å². The number of carbonyl (C=O) groups excluding carboxylic acids is 2. The zero-order valence-corrected chi connectivity index (χ0v) is 15.8. The van der Waals surface area contributed by atoms with E-state index in [0.29, 0.717) is 25.5 Å². The zero-order chi connectivity index (χ0) is 17.6. The fourth-order valence-corrected chi connectivity index (χ4v) is 1.90. The highest BCUT2D eigenvalue weighted by atomic mass is 35.5. The molecule has 142 valence electrons. The highest BCUT2D eigenvalue weighted by Crippen LogP contribution is 2.00. The number of carbonyl (C=O) groups is 2. The first kappa shape index (κ1) is 23.4. The smallest absolute Gasteiger partial charge is 0.309 e. The van der Waals surface area contributed by atoms with Crippen LogP contribution in [0.1, 0.15) is 32.3 Å². The molecule has 0 saturated carbocycles. The Morgan fingerprint density at radius 2 is 1.80 bits per heavy atom. The van der Waals surface area contributed by atoms with Crippen molar-refractivity contribution in [2.45, 2.75) is 33.3 Å². The summed E-state index contributed by atoms with van der Waals surface area (Å²) in [4.78, 5) is 23.1. The standard InChI is InChI=1S/C18H28N2O4.ClH/c1-15(2)12-19-10-8-17(21)20-11-9-18(22)24-14-23-13-16-6-4-3-5-7-16;/h3-7,15,19H,8-14H2,1-2H3,(H,20,21);1H. The number of hydrogen-bond acceptors (Lipinski definition) is 5. The number of halogens is 1. The van der Waals surface area contributed by atoms with Gasteiger partial charge < -0.3 is 20.1 Å².